The van der Waals surface area contributed by atoms with Gasteiger partial charge in [0, 0.05) is 13.1 Å². The minimum Gasteiger partial charge on any atom is -0.495 e. The maximum Gasteiger partial charge on any atom is 0.264 e. The molecule has 0 radical (unpaired) electrons. The van der Waals surface area contributed by atoms with E-state index in [9.17, 15) is 18.0 Å². The van der Waals surface area contributed by atoms with Crippen LogP contribution < -0.4 is 14.4 Å². The van der Waals surface area contributed by atoms with Gasteiger partial charge in [0.25, 0.3) is 10.0 Å². The van der Waals surface area contributed by atoms with E-state index in [4.69, 9.17) is 4.74 Å². The maximum absolute atomic E-state index is 14.2. The van der Waals surface area contributed by atoms with E-state index in [0.29, 0.717) is 18.7 Å². The molecule has 0 unspecified atom stereocenters. The number of ether oxygens (including phenoxy) is 1. The van der Waals surface area contributed by atoms with Crippen LogP contribution in [0.1, 0.15) is 43.4 Å². The second-order valence-corrected chi connectivity index (χ2v) is 11.6. The Bertz CT molecular complexity index is 1410. The molecule has 2 amide bonds. The summed E-state index contributed by atoms with van der Waals surface area (Å²) in [6, 6.07) is 20.1. The van der Waals surface area contributed by atoms with Crippen molar-refractivity contribution in [3.05, 3.63) is 89.5 Å². The van der Waals surface area contributed by atoms with Crippen molar-refractivity contribution >= 4 is 27.5 Å². The highest BCUT2D eigenvalue weighted by atomic mass is 32.2. The topological polar surface area (TPSA) is 96.0 Å². The highest BCUT2D eigenvalue weighted by Gasteiger charge is 2.34. The predicted octanol–water partition coefficient (Wildman–Crippen LogP) is 4.84. The molecule has 214 valence electrons. The van der Waals surface area contributed by atoms with Crippen molar-refractivity contribution in [1.29, 1.82) is 0 Å². The molecular weight excluding hydrogens is 526 g/mol. The van der Waals surface area contributed by atoms with Gasteiger partial charge >= 0.3 is 0 Å². The molecule has 0 saturated carbocycles. The minimum atomic E-state index is -4.17. The van der Waals surface area contributed by atoms with Crippen molar-refractivity contribution in [3.63, 3.8) is 0 Å². The molecular formula is C31H39N3O5S. The Morgan fingerprint density at radius 1 is 0.925 bits per heavy atom. The van der Waals surface area contributed by atoms with Crippen LogP contribution in [0.25, 0.3) is 0 Å². The lowest BCUT2D eigenvalue weighted by Crippen LogP contribution is -2.52. The van der Waals surface area contributed by atoms with E-state index in [1.807, 2.05) is 58.0 Å². The van der Waals surface area contributed by atoms with Crippen LogP contribution in [0, 0.1) is 13.8 Å². The number of aryl methyl sites for hydroxylation is 2. The van der Waals surface area contributed by atoms with Crippen molar-refractivity contribution in [2.45, 2.75) is 58.0 Å². The molecule has 0 bridgehead atoms. The van der Waals surface area contributed by atoms with Crippen LogP contribution >= 0.6 is 0 Å². The zero-order valence-corrected chi connectivity index (χ0v) is 24.7. The summed E-state index contributed by atoms with van der Waals surface area (Å²) in [6.07, 6.45) is 1.12. The van der Waals surface area contributed by atoms with E-state index >= 15 is 0 Å². The Morgan fingerprint density at radius 3 is 2.25 bits per heavy atom. The van der Waals surface area contributed by atoms with E-state index in [1.165, 1.54) is 24.1 Å². The molecule has 1 atom stereocenters. The van der Waals surface area contributed by atoms with Crippen LogP contribution in [-0.4, -0.2) is 51.4 Å². The SMILES string of the molecule is CCCNC(=O)[C@H](CC)N(Cc1cccc(C)c1)C(=O)CN(c1cc(C)ccc1OC)S(=O)(=O)c1ccccc1. The Hall–Kier alpha value is -3.85. The van der Waals surface area contributed by atoms with Gasteiger partial charge in [0.15, 0.2) is 0 Å². The van der Waals surface area contributed by atoms with Crippen LogP contribution in [0.5, 0.6) is 5.75 Å². The first-order valence-electron chi connectivity index (χ1n) is 13.5. The number of nitrogens with zero attached hydrogens (tertiary/aromatic N) is 2. The maximum atomic E-state index is 14.2. The van der Waals surface area contributed by atoms with Gasteiger partial charge in [0.2, 0.25) is 11.8 Å². The number of hydrogen-bond donors (Lipinski definition) is 1. The third-order valence-electron chi connectivity index (χ3n) is 6.58. The van der Waals surface area contributed by atoms with E-state index in [-0.39, 0.29) is 23.0 Å². The lowest BCUT2D eigenvalue weighted by Gasteiger charge is -2.33. The molecule has 9 heteroatoms. The van der Waals surface area contributed by atoms with Gasteiger partial charge in [-0.05, 0) is 62.1 Å². The molecule has 0 aliphatic rings. The summed E-state index contributed by atoms with van der Waals surface area (Å²) in [6.45, 7) is 7.72. The minimum absolute atomic E-state index is 0.0457. The summed E-state index contributed by atoms with van der Waals surface area (Å²) in [7, 11) is -2.72. The van der Waals surface area contributed by atoms with Crippen LogP contribution in [0.3, 0.4) is 0 Å². The van der Waals surface area contributed by atoms with Gasteiger partial charge in [-0.1, -0.05) is 67.9 Å². The summed E-state index contributed by atoms with van der Waals surface area (Å²) in [5, 5.41) is 2.90. The normalized spacial score (nSPS) is 11.9. The predicted molar refractivity (Wildman–Crippen MR) is 158 cm³/mol. The average molecular weight is 566 g/mol. The highest BCUT2D eigenvalue weighted by molar-refractivity contribution is 7.92. The largest absolute Gasteiger partial charge is 0.495 e. The van der Waals surface area contributed by atoms with Gasteiger partial charge in [-0.25, -0.2) is 8.42 Å². The first-order chi connectivity index (χ1) is 19.1. The highest BCUT2D eigenvalue weighted by Crippen LogP contribution is 2.33. The van der Waals surface area contributed by atoms with Crippen LogP contribution in [-0.2, 0) is 26.2 Å². The molecule has 0 saturated heterocycles. The molecule has 0 heterocycles. The lowest BCUT2D eigenvalue weighted by molar-refractivity contribution is -0.140. The molecule has 3 rings (SSSR count). The Morgan fingerprint density at radius 2 is 1.62 bits per heavy atom. The number of amides is 2. The number of methoxy groups -OCH3 is 1. The Balaban J connectivity index is 2.11. The molecule has 0 spiro atoms. The van der Waals surface area contributed by atoms with Crippen molar-refractivity contribution in [2.75, 3.05) is 24.5 Å². The number of benzene rings is 3. The van der Waals surface area contributed by atoms with Crippen molar-refractivity contribution in [2.24, 2.45) is 0 Å². The monoisotopic (exact) mass is 565 g/mol. The fourth-order valence-corrected chi connectivity index (χ4v) is 5.96. The zero-order valence-electron chi connectivity index (χ0n) is 23.9. The van der Waals surface area contributed by atoms with Gasteiger partial charge in [-0.15, -0.1) is 0 Å². The number of carbonyl (C=O) groups is 2. The molecule has 0 aliphatic carbocycles. The van der Waals surface area contributed by atoms with Gasteiger partial charge in [0.05, 0.1) is 17.7 Å². The summed E-state index contributed by atoms with van der Waals surface area (Å²) in [4.78, 5) is 28.9. The zero-order chi connectivity index (χ0) is 29.3. The van der Waals surface area contributed by atoms with Gasteiger partial charge < -0.3 is 15.0 Å². The smallest absolute Gasteiger partial charge is 0.264 e. The molecule has 0 aromatic heterocycles. The fourth-order valence-electron chi connectivity index (χ4n) is 4.52. The molecule has 0 aliphatic heterocycles. The van der Waals surface area contributed by atoms with Crippen LogP contribution in [0.15, 0.2) is 77.7 Å². The third kappa shape index (κ3) is 7.41. The lowest BCUT2D eigenvalue weighted by atomic mass is 10.1. The van der Waals surface area contributed by atoms with Gasteiger partial charge in [-0.2, -0.15) is 0 Å². The first kappa shape index (κ1) is 30.7. The third-order valence-corrected chi connectivity index (χ3v) is 8.36. The Labute approximate surface area is 238 Å². The molecule has 40 heavy (non-hydrogen) atoms. The summed E-state index contributed by atoms with van der Waals surface area (Å²) in [5.74, 6) is -0.449. The molecule has 3 aromatic carbocycles. The van der Waals surface area contributed by atoms with Crippen molar-refractivity contribution < 1.29 is 22.7 Å². The van der Waals surface area contributed by atoms with E-state index in [2.05, 4.69) is 5.32 Å². The number of sulfonamides is 1. The Kier molecular flexibility index (Phi) is 10.7. The molecule has 0 fully saturated rings. The first-order valence-corrected chi connectivity index (χ1v) is 14.9. The van der Waals surface area contributed by atoms with Crippen molar-refractivity contribution in [1.82, 2.24) is 10.2 Å². The average Bonchev–Trinajstić information content (AvgIpc) is 2.94. The van der Waals surface area contributed by atoms with Crippen LogP contribution in [0.4, 0.5) is 5.69 Å². The van der Waals surface area contributed by atoms with Gasteiger partial charge in [0.1, 0.15) is 18.3 Å². The number of rotatable bonds is 13. The van der Waals surface area contributed by atoms with Crippen LogP contribution in [0.2, 0.25) is 0 Å². The summed E-state index contributed by atoms with van der Waals surface area (Å²) in [5.41, 5.74) is 2.92. The standard InChI is InChI=1S/C31H39N3O5S/c1-6-18-32-31(36)27(7-2)33(21-25-13-11-12-23(3)19-25)30(35)22-34(28-20-24(4)16-17-29(28)39-5)40(37,38)26-14-9-8-10-15-26/h8-17,19-20,27H,6-7,18,21-22H2,1-5H3,(H,32,36)/t27-/m0/s1. The van der Waals surface area contributed by atoms with Crippen molar-refractivity contribution in [3.8, 4) is 5.75 Å². The molecule has 1 N–H and O–H groups in total. The number of hydrogen-bond acceptors (Lipinski definition) is 5. The number of anilines is 1. The molecule has 3 aromatic rings. The van der Waals surface area contributed by atoms with Gasteiger partial charge in [-0.3, -0.25) is 13.9 Å². The fraction of sp³-hybridized carbons (Fsp3) is 0.355. The second kappa shape index (κ2) is 14.0. The summed E-state index contributed by atoms with van der Waals surface area (Å²) < 4.78 is 34.6. The van der Waals surface area contributed by atoms with E-state index in [1.54, 1.807) is 30.3 Å². The quantitative estimate of drug-likeness (QED) is 0.320. The summed E-state index contributed by atoms with van der Waals surface area (Å²) >= 11 is 0. The van der Waals surface area contributed by atoms with E-state index < -0.39 is 28.5 Å². The number of carbonyl (C=O) groups excluding carboxylic acids is 2. The van der Waals surface area contributed by atoms with E-state index in [0.717, 1.165) is 27.4 Å². The number of nitrogens with one attached hydrogen (secondary N) is 1. The molecule has 8 nitrogen and oxygen atoms in total. The second-order valence-electron chi connectivity index (χ2n) is 9.73.